The molecule has 0 amide bonds. The summed E-state index contributed by atoms with van der Waals surface area (Å²) in [6.45, 7) is 1.87. The van der Waals surface area contributed by atoms with Gasteiger partial charge in [0.15, 0.2) is 0 Å². The number of aryl methyl sites for hydroxylation is 1. The molecule has 0 spiro atoms. The van der Waals surface area contributed by atoms with Crippen LogP contribution in [0.5, 0.6) is 0 Å². The lowest BCUT2D eigenvalue weighted by Gasteiger charge is -2.08. The maximum absolute atomic E-state index is 11.0. The first-order valence-corrected chi connectivity index (χ1v) is 6.28. The van der Waals surface area contributed by atoms with Gasteiger partial charge in [0, 0.05) is 5.56 Å². The molecule has 2 aromatic rings. The molecule has 4 nitrogen and oxygen atoms in total. The minimum absolute atomic E-state index is 0.00185. The van der Waals surface area contributed by atoms with Crippen molar-refractivity contribution in [2.24, 2.45) is 0 Å². The molecule has 0 radical (unpaired) electrons. The Morgan fingerprint density at radius 1 is 1.41 bits per heavy atom. The van der Waals surface area contributed by atoms with Crippen LogP contribution in [0.3, 0.4) is 0 Å². The fraction of sp³-hybridized carbons (Fsp3) is 0.0909. The van der Waals surface area contributed by atoms with Gasteiger partial charge in [-0.1, -0.05) is 0 Å². The first-order chi connectivity index (χ1) is 8.02. The maximum atomic E-state index is 11.0. The van der Waals surface area contributed by atoms with Crippen LogP contribution in [0.1, 0.15) is 5.56 Å². The van der Waals surface area contributed by atoms with E-state index in [2.05, 4.69) is 31.9 Å². The quantitative estimate of drug-likeness (QED) is 0.576. The van der Waals surface area contributed by atoms with Crippen molar-refractivity contribution in [3.05, 3.63) is 49.1 Å². The highest BCUT2D eigenvalue weighted by atomic mass is 79.9. The Morgan fingerprint density at radius 2 is 2.12 bits per heavy atom. The first kappa shape index (κ1) is 12.3. The smallest absolute Gasteiger partial charge is 0.298 e. The molecule has 0 bridgehead atoms. The predicted octanol–water partition coefficient (Wildman–Crippen LogP) is 4.69. The molecule has 1 heterocycles. The van der Waals surface area contributed by atoms with Crippen LogP contribution >= 0.6 is 31.9 Å². The number of hydrogen-bond acceptors (Lipinski definition) is 3. The van der Waals surface area contributed by atoms with Crippen molar-refractivity contribution < 1.29 is 9.34 Å². The molecule has 0 aliphatic heterocycles. The Labute approximate surface area is 114 Å². The number of nitro benzene ring substituents is 1. The van der Waals surface area contributed by atoms with Crippen LogP contribution in [0.15, 0.2) is 37.8 Å². The van der Waals surface area contributed by atoms with Crippen molar-refractivity contribution in [3.63, 3.8) is 0 Å². The highest BCUT2D eigenvalue weighted by molar-refractivity contribution is 9.11. The number of hydrogen-bond donors (Lipinski definition) is 0. The molecule has 0 fully saturated rings. The van der Waals surface area contributed by atoms with E-state index in [0.717, 1.165) is 5.56 Å². The Hall–Kier alpha value is -1.14. The van der Waals surface area contributed by atoms with E-state index in [1.165, 1.54) is 6.26 Å². The normalized spacial score (nSPS) is 10.5. The van der Waals surface area contributed by atoms with Crippen molar-refractivity contribution >= 4 is 37.5 Å². The molecular formula is C11H7Br2NO3. The summed E-state index contributed by atoms with van der Waals surface area (Å²) in [7, 11) is 0. The molecule has 0 unspecified atom stereocenters. The molecule has 88 valence electrons. The summed E-state index contributed by atoms with van der Waals surface area (Å²) in [6.07, 6.45) is 1.54. The van der Waals surface area contributed by atoms with Gasteiger partial charge in [0.2, 0.25) is 0 Å². The number of nitrogens with zero attached hydrogens (tertiary/aromatic N) is 1. The standard InChI is InChI=1S/C11H7Br2NO3/c1-6-5-7(12)11(14(15)16)10(13)9(6)8-3-2-4-17-8/h2-5H,1H3. The second kappa shape index (κ2) is 4.62. The topological polar surface area (TPSA) is 56.3 Å². The van der Waals surface area contributed by atoms with Crippen molar-refractivity contribution in [3.8, 4) is 11.3 Å². The molecule has 0 saturated carbocycles. The zero-order valence-corrected chi connectivity index (χ0v) is 11.9. The van der Waals surface area contributed by atoms with Crippen molar-refractivity contribution in [2.45, 2.75) is 6.92 Å². The van der Waals surface area contributed by atoms with Gasteiger partial charge in [-0.25, -0.2) is 0 Å². The number of furan rings is 1. The van der Waals surface area contributed by atoms with E-state index in [1.807, 2.05) is 6.92 Å². The third kappa shape index (κ3) is 2.14. The van der Waals surface area contributed by atoms with E-state index < -0.39 is 4.92 Å². The van der Waals surface area contributed by atoms with E-state index in [1.54, 1.807) is 18.2 Å². The lowest BCUT2D eigenvalue weighted by molar-refractivity contribution is -0.386. The van der Waals surface area contributed by atoms with Crippen LogP contribution in [-0.2, 0) is 0 Å². The number of benzene rings is 1. The lowest BCUT2D eigenvalue weighted by Crippen LogP contribution is -1.95. The summed E-state index contributed by atoms with van der Waals surface area (Å²) in [5.41, 5.74) is 1.59. The van der Waals surface area contributed by atoms with Crippen LogP contribution in [0.2, 0.25) is 0 Å². The van der Waals surface area contributed by atoms with E-state index in [9.17, 15) is 10.1 Å². The average Bonchev–Trinajstić information content (AvgIpc) is 2.69. The van der Waals surface area contributed by atoms with Gasteiger partial charge in [-0.2, -0.15) is 0 Å². The summed E-state index contributed by atoms with van der Waals surface area (Å²) in [4.78, 5) is 10.6. The molecule has 0 aliphatic carbocycles. The minimum atomic E-state index is -0.431. The van der Waals surface area contributed by atoms with Gasteiger partial charge in [-0.05, 0) is 62.5 Å². The number of rotatable bonds is 2. The average molecular weight is 361 g/mol. The number of halogens is 2. The van der Waals surface area contributed by atoms with Gasteiger partial charge in [0.1, 0.15) is 10.2 Å². The van der Waals surface area contributed by atoms with Crippen LogP contribution in [0.4, 0.5) is 5.69 Å². The summed E-state index contributed by atoms with van der Waals surface area (Å²) >= 11 is 6.47. The predicted molar refractivity (Wildman–Crippen MR) is 70.9 cm³/mol. The van der Waals surface area contributed by atoms with Crippen LogP contribution in [0.25, 0.3) is 11.3 Å². The fourth-order valence-corrected chi connectivity index (χ4v) is 3.44. The van der Waals surface area contributed by atoms with E-state index in [4.69, 9.17) is 4.42 Å². The Kier molecular flexibility index (Phi) is 3.35. The van der Waals surface area contributed by atoms with Crippen LogP contribution in [-0.4, -0.2) is 4.92 Å². The Morgan fingerprint density at radius 3 is 2.65 bits per heavy atom. The van der Waals surface area contributed by atoms with Crippen molar-refractivity contribution in [1.29, 1.82) is 0 Å². The summed E-state index contributed by atoms with van der Waals surface area (Å²) < 4.78 is 6.16. The zero-order chi connectivity index (χ0) is 12.6. The van der Waals surface area contributed by atoms with Gasteiger partial charge < -0.3 is 4.42 Å². The second-order valence-electron chi connectivity index (χ2n) is 3.45. The van der Waals surface area contributed by atoms with Crippen molar-refractivity contribution in [1.82, 2.24) is 0 Å². The van der Waals surface area contributed by atoms with Gasteiger partial charge >= 0.3 is 0 Å². The molecule has 0 aliphatic rings. The third-order valence-corrected chi connectivity index (χ3v) is 3.72. The molecule has 1 aromatic heterocycles. The van der Waals surface area contributed by atoms with E-state index in [0.29, 0.717) is 20.3 Å². The van der Waals surface area contributed by atoms with Gasteiger partial charge in [0.05, 0.1) is 15.7 Å². The number of nitro groups is 1. The van der Waals surface area contributed by atoms with E-state index >= 15 is 0 Å². The van der Waals surface area contributed by atoms with Gasteiger partial charge in [-0.3, -0.25) is 10.1 Å². The molecule has 0 saturated heterocycles. The molecule has 0 N–H and O–H groups in total. The SMILES string of the molecule is Cc1cc(Br)c([N+](=O)[O-])c(Br)c1-c1ccco1. The van der Waals surface area contributed by atoms with E-state index in [-0.39, 0.29) is 5.69 Å². The molecule has 2 rings (SSSR count). The largest absolute Gasteiger partial charge is 0.464 e. The Balaban J connectivity index is 2.77. The maximum Gasteiger partial charge on any atom is 0.298 e. The summed E-state index contributed by atoms with van der Waals surface area (Å²) in [5.74, 6) is 0.602. The van der Waals surface area contributed by atoms with Gasteiger partial charge in [0.25, 0.3) is 5.69 Å². The van der Waals surface area contributed by atoms with Gasteiger partial charge in [-0.15, -0.1) is 0 Å². The van der Waals surface area contributed by atoms with Crippen LogP contribution < -0.4 is 0 Å². The molecule has 1 aromatic carbocycles. The third-order valence-electron chi connectivity index (χ3n) is 2.34. The molecular weight excluding hydrogens is 354 g/mol. The molecule has 0 atom stereocenters. The monoisotopic (exact) mass is 359 g/mol. The summed E-state index contributed by atoms with van der Waals surface area (Å²) in [5, 5.41) is 11.0. The van der Waals surface area contributed by atoms with Crippen molar-refractivity contribution in [2.75, 3.05) is 0 Å². The molecule has 6 heteroatoms. The fourth-order valence-electron chi connectivity index (χ4n) is 1.62. The Bertz CT molecular complexity index is 579. The summed E-state index contributed by atoms with van der Waals surface area (Å²) in [6, 6.07) is 5.22. The minimum Gasteiger partial charge on any atom is -0.464 e. The highest BCUT2D eigenvalue weighted by Crippen LogP contribution is 2.42. The highest BCUT2D eigenvalue weighted by Gasteiger charge is 2.24. The lowest BCUT2D eigenvalue weighted by atomic mass is 10.1. The second-order valence-corrected chi connectivity index (χ2v) is 5.09. The first-order valence-electron chi connectivity index (χ1n) is 4.69. The zero-order valence-electron chi connectivity index (χ0n) is 8.74. The van der Waals surface area contributed by atoms with Crippen LogP contribution in [0, 0.1) is 17.0 Å². The molecule has 17 heavy (non-hydrogen) atoms.